The summed E-state index contributed by atoms with van der Waals surface area (Å²) >= 11 is 0. The highest BCUT2D eigenvalue weighted by Crippen LogP contribution is 2.16. The number of carbonyl (C=O) groups is 1. The summed E-state index contributed by atoms with van der Waals surface area (Å²) in [7, 11) is 0. The van der Waals surface area contributed by atoms with Crippen molar-refractivity contribution in [3.05, 3.63) is 48.3 Å². The Morgan fingerprint density at radius 1 is 1.27 bits per heavy atom. The number of aromatic nitrogens is 2. The maximum atomic E-state index is 11.2. The van der Waals surface area contributed by atoms with Gasteiger partial charge in [0.1, 0.15) is 24.8 Å². The third kappa shape index (κ3) is 4.44. The van der Waals surface area contributed by atoms with Crippen molar-refractivity contribution in [1.82, 2.24) is 9.97 Å². The zero-order chi connectivity index (χ0) is 15.9. The first-order chi connectivity index (χ1) is 10.6. The molecule has 0 aliphatic carbocycles. The van der Waals surface area contributed by atoms with Crippen molar-refractivity contribution in [2.45, 2.75) is 26.5 Å². The van der Waals surface area contributed by atoms with Crippen molar-refractivity contribution in [2.75, 3.05) is 5.32 Å². The molecule has 6 nitrogen and oxygen atoms in total. The molecule has 6 heteroatoms. The molecule has 0 bridgehead atoms. The highest BCUT2D eigenvalue weighted by molar-refractivity contribution is 5.77. The quantitative estimate of drug-likeness (QED) is 0.817. The Labute approximate surface area is 129 Å². The minimum absolute atomic E-state index is 0.0684. The number of carboxylic acid groups (broad SMARTS) is 1. The average Bonchev–Trinajstić information content (AvgIpc) is 2.51. The fraction of sp³-hybridized carbons (Fsp3) is 0.312. The normalized spacial score (nSPS) is 12.0. The van der Waals surface area contributed by atoms with E-state index in [1.54, 1.807) is 6.07 Å². The van der Waals surface area contributed by atoms with E-state index in [4.69, 9.17) is 4.74 Å². The van der Waals surface area contributed by atoms with Gasteiger partial charge in [0.2, 0.25) is 5.88 Å². The van der Waals surface area contributed by atoms with Gasteiger partial charge >= 0.3 is 5.97 Å². The maximum Gasteiger partial charge on any atom is 0.326 e. The molecular formula is C16H19N3O3. The molecule has 116 valence electrons. The smallest absolute Gasteiger partial charge is 0.326 e. The first kappa shape index (κ1) is 15.8. The molecule has 0 aliphatic rings. The van der Waals surface area contributed by atoms with E-state index in [1.807, 2.05) is 44.2 Å². The highest BCUT2D eigenvalue weighted by atomic mass is 16.5. The van der Waals surface area contributed by atoms with Crippen molar-refractivity contribution in [1.29, 1.82) is 0 Å². The predicted molar refractivity (Wildman–Crippen MR) is 82.7 cm³/mol. The first-order valence-electron chi connectivity index (χ1n) is 7.04. The SMILES string of the molecule is CC(C)[C@@H](Nc1cc(OCc2ccccc2)ncn1)C(=O)O. The fourth-order valence-corrected chi connectivity index (χ4v) is 1.90. The van der Waals surface area contributed by atoms with E-state index in [1.165, 1.54) is 6.33 Å². The lowest BCUT2D eigenvalue weighted by molar-refractivity contribution is -0.138. The second-order valence-corrected chi connectivity index (χ2v) is 5.22. The van der Waals surface area contributed by atoms with Crippen molar-refractivity contribution >= 4 is 11.8 Å². The molecule has 0 aliphatic heterocycles. The second kappa shape index (κ2) is 7.40. The summed E-state index contributed by atoms with van der Waals surface area (Å²) < 4.78 is 5.60. The van der Waals surface area contributed by atoms with E-state index in [2.05, 4.69) is 15.3 Å². The van der Waals surface area contributed by atoms with Gasteiger partial charge in [-0.15, -0.1) is 0 Å². The van der Waals surface area contributed by atoms with E-state index in [0.717, 1.165) is 5.56 Å². The van der Waals surface area contributed by atoms with E-state index >= 15 is 0 Å². The third-order valence-corrected chi connectivity index (χ3v) is 3.11. The van der Waals surface area contributed by atoms with Crippen LogP contribution in [-0.2, 0) is 11.4 Å². The summed E-state index contributed by atoms with van der Waals surface area (Å²) in [5.41, 5.74) is 1.03. The molecule has 0 fully saturated rings. The van der Waals surface area contributed by atoms with Crippen molar-refractivity contribution in [3.8, 4) is 5.88 Å². The Bertz CT molecular complexity index is 617. The molecular weight excluding hydrogens is 282 g/mol. The van der Waals surface area contributed by atoms with Crippen LogP contribution in [0, 0.1) is 5.92 Å². The molecule has 0 spiro atoms. The van der Waals surface area contributed by atoms with Crippen LogP contribution in [0.3, 0.4) is 0 Å². The molecule has 1 heterocycles. The van der Waals surface area contributed by atoms with Crippen molar-refractivity contribution < 1.29 is 14.6 Å². The third-order valence-electron chi connectivity index (χ3n) is 3.11. The number of ether oxygens (including phenoxy) is 1. The summed E-state index contributed by atoms with van der Waals surface area (Å²) in [5, 5.41) is 12.1. The standard InChI is InChI=1S/C16H19N3O3/c1-11(2)15(16(20)21)19-13-8-14(18-10-17-13)22-9-12-6-4-3-5-7-12/h3-8,10-11,15H,9H2,1-2H3,(H,20,21)(H,17,18,19)/t15-/m1/s1. The number of nitrogens with one attached hydrogen (secondary N) is 1. The molecule has 2 N–H and O–H groups in total. The van der Waals surface area contributed by atoms with E-state index < -0.39 is 12.0 Å². The van der Waals surface area contributed by atoms with Crippen LogP contribution in [0.2, 0.25) is 0 Å². The minimum atomic E-state index is -0.916. The molecule has 0 amide bonds. The zero-order valence-corrected chi connectivity index (χ0v) is 12.6. The van der Waals surface area contributed by atoms with Crippen LogP contribution in [0.5, 0.6) is 5.88 Å². The predicted octanol–water partition coefficient (Wildman–Crippen LogP) is 2.58. The van der Waals surface area contributed by atoms with Crippen LogP contribution < -0.4 is 10.1 Å². The van der Waals surface area contributed by atoms with Gasteiger partial charge in [-0.2, -0.15) is 0 Å². The second-order valence-electron chi connectivity index (χ2n) is 5.22. The average molecular weight is 301 g/mol. The first-order valence-corrected chi connectivity index (χ1v) is 7.04. The lowest BCUT2D eigenvalue weighted by Crippen LogP contribution is -2.34. The van der Waals surface area contributed by atoms with Gasteiger partial charge in [0.25, 0.3) is 0 Å². The number of nitrogens with zero attached hydrogens (tertiary/aromatic N) is 2. The Hall–Kier alpha value is -2.63. The molecule has 1 aromatic heterocycles. The monoisotopic (exact) mass is 301 g/mol. The van der Waals surface area contributed by atoms with Crippen LogP contribution in [-0.4, -0.2) is 27.1 Å². The van der Waals surface area contributed by atoms with Gasteiger partial charge in [0, 0.05) is 6.07 Å². The van der Waals surface area contributed by atoms with Gasteiger partial charge < -0.3 is 15.2 Å². The molecule has 2 aromatic rings. The summed E-state index contributed by atoms with van der Waals surface area (Å²) in [6.07, 6.45) is 1.35. The number of hydrogen-bond acceptors (Lipinski definition) is 5. The van der Waals surface area contributed by atoms with Gasteiger partial charge in [-0.05, 0) is 11.5 Å². The number of rotatable bonds is 7. The summed E-state index contributed by atoms with van der Waals surface area (Å²) in [5.74, 6) is -0.157. The van der Waals surface area contributed by atoms with Gasteiger partial charge in [-0.1, -0.05) is 44.2 Å². The Balaban J connectivity index is 2.02. The van der Waals surface area contributed by atoms with Gasteiger partial charge in [0.05, 0.1) is 0 Å². The fourth-order valence-electron chi connectivity index (χ4n) is 1.90. The molecule has 0 saturated heterocycles. The topological polar surface area (TPSA) is 84.3 Å². The molecule has 0 saturated carbocycles. The van der Waals surface area contributed by atoms with Crippen molar-refractivity contribution in [3.63, 3.8) is 0 Å². The number of hydrogen-bond donors (Lipinski definition) is 2. The number of aliphatic carboxylic acids is 1. The van der Waals surface area contributed by atoms with Crippen LogP contribution >= 0.6 is 0 Å². The van der Waals surface area contributed by atoms with E-state index in [-0.39, 0.29) is 5.92 Å². The highest BCUT2D eigenvalue weighted by Gasteiger charge is 2.21. The zero-order valence-electron chi connectivity index (χ0n) is 12.6. The molecule has 0 radical (unpaired) electrons. The molecule has 2 rings (SSSR count). The molecule has 1 aromatic carbocycles. The minimum Gasteiger partial charge on any atom is -0.480 e. The van der Waals surface area contributed by atoms with Crippen LogP contribution in [0.15, 0.2) is 42.7 Å². The Morgan fingerprint density at radius 2 is 2.00 bits per heavy atom. The van der Waals surface area contributed by atoms with Crippen LogP contribution in [0.1, 0.15) is 19.4 Å². The lowest BCUT2D eigenvalue weighted by atomic mass is 10.1. The van der Waals surface area contributed by atoms with Crippen molar-refractivity contribution in [2.24, 2.45) is 5.92 Å². The van der Waals surface area contributed by atoms with Gasteiger partial charge in [-0.3, -0.25) is 0 Å². The largest absolute Gasteiger partial charge is 0.480 e. The van der Waals surface area contributed by atoms with Crippen LogP contribution in [0.4, 0.5) is 5.82 Å². The summed E-state index contributed by atoms with van der Waals surface area (Å²) in [6.45, 7) is 4.06. The number of benzene rings is 1. The van der Waals surface area contributed by atoms with Gasteiger partial charge in [-0.25, -0.2) is 14.8 Å². The van der Waals surface area contributed by atoms with Gasteiger partial charge in [0.15, 0.2) is 0 Å². The summed E-state index contributed by atoms with van der Waals surface area (Å²) in [4.78, 5) is 19.3. The Morgan fingerprint density at radius 3 is 2.64 bits per heavy atom. The van der Waals surface area contributed by atoms with Crippen LogP contribution in [0.25, 0.3) is 0 Å². The molecule has 1 atom stereocenters. The Kier molecular flexibility index (Phi) is 5.30. The van der Waals surface area contributed by atoms with E-state index in [9.17, 15) is 9.90 Å². The van der Waals surface area contributed by atoms with E-state index in [0.29, 0.717) is 18.3 Å². The molecule has 0 unspecified atom stereocenters. The number of carboxylic acids is 1. The molecule has 22 heavy (non-hydrogen) atoms. The lowest BCUT2D eigenvalue weighted by Gasteiger charge is -2.18. The maximum absolute atomic E-state index is 11.2. The number of anilines is 1. The summed E-state index contributed by atoms with van der Waals surface area (Å²) in [6, 6.07) is 10.6.